The van der Waals surface area contributed by atoms with Gasteiger partial charge in [0.1, 0.15) is 0 Å². The van der Waals surface area contributed by atoms with Crippen LogP contribution in [-0.4, -0.2) is 25.0 Å². The molecule has 0 aromatic heterocycles. The van der Waals surface area contributed by atoms with E-state index in [0.717, 1.165) is 0 Å². The van der Waals surface area contributed by atoms with E-state index < -0.39 is 5.97 Å². The fourth-order valence-electron chi connectivity index (χ4n) is 1.56. The van der Waals surface area contributed by atoms with Crippen LogP contribution >= 0.6 is 11.6 Å². The molecule has 1 amide bonds. The number of carbonyl (C=O) groups is 2. The highest BCUT2D eigenvalue weighted by Gasteiger charge is 2.17. The van der Waals surface area contributed by atoms with Crippen molar-refractivity contribution >= 4 is 29.2 Å². The highest BCUT2D eigenvalue weighted by Crippen LogP contribution is 2.22. The zero-order valence-electron chi connectivity index (χ0n) is 11.8. The molecule has 1 rings (SSSR count). The minimum Gasteiger partial charge on any atom is -0.465 e. The van der Waals surface area contributed by atoms with Crippen molar-refractivity contribution in [3.63, 3.8) is 0 Å². The molecule has 0 spiro atoms. The lowest BCUT2D eigenvalue weighted by Crippen LogP contribution is -2.31. The molecular weight excluding hydrogens is 280 g/mol. The van der Waals surface area contributed by atoms with Gasteiger partial charge < -0.3 is 15.8 Å². The summed E-state index contributed by atoms with van der Waals surface area (Å²) in [6, 6.07) is 4.37. The van der Waals surface area contributed by atoms with Crippen molar-refractivity contribution in [1.82, 2.24) is 0 Å². The van der Waals surface area contributed by atoms with Crippen molar-refractivity contribution in [1.29, 1.82) is 0 Å². The average Bonchev–Trinajstić information content (AvgIpc) is 2.39. The molecule has 1 aromatic rings. The van der Waals surface area contributed by atoms with Gasteiger partial charge in [0.15, 0.2) is 0 Å². The molecule has 1 aromatic carbocycles. The second-order valence-corrected chi connectivity index (χ2v) is 5.28. The van der Waals surface area contributed by atoms with E-state index in [1.54, 1.807) is 12.1 Å². The molecule has 1 unspecified atom stereocenters. The lowest BCUT2D eigenvalue weighted by atomic mass is 10.0. The molecule has 5 nitrogen and oxygen atoms in total. The molecule has 3 N–H and O–H groups in total. The predicted octanol–water partition coefficient (Wildman–Crippen LogP) is 2.44. The summed E-state index contributed by atoms with van der Waals surface area (Å²) in [6.45, 7) is 3.89. The van der Waals surface area contributed by atoms with Gasteiger partial charge in [0.05, 0.1) is 18.4 Å². The third kappa shape index (κ3) is 4.51. The van der Waals surface area contributed by atoms with Crippen molar-refractivity contribution in [2.24, 2.45) is 11.7 Å². The Hall–Kier alpha value is -1.59. The summed E-state index contributed by atoms with van der Waals surface area (Å²) < 4.78 is 4.66. The van der Waals surface area contributed by atoms with Gasteiger partial charge in [-0.15, -0.1) is 0 Å². The molecule has 0 saturated carbocycles. The number of nitrogens with two attached hydrogens (primary N) is 1. The summed E-state index contributed by atoms with van der Waals surface area (Å²) >= 11 is 5.84. The fraction of sp³-hybridized carbons (Fsp3) is 0.429. The summed E-state index contributed by atoms with van der Waals surface area (Å²) in [7, 11) is 1.27. The molecular formula is C14H19ClN2O3. The van der Waals surface area contributed by atoms with Gasteiger partial charge >= 0.3 is 5.97 Å². The Morgan fingerprint density at radius 1 is 1.40 bits per heavy atom. The normalized spacial score (nSPS) is 12.1. The van der Waals surface area contributed by atoms with Gasteiger partial charge in [-0.1, -0.05) is 25.4 Å². The first-order valence-electron chi connectivity index (χ1n) is 6.28. The number of hydrogen-bond donors (Lipinski definition) is 2. The number of hydrogen-bond acceptors (Lipinski definition) is 4. The lowest BCUT2D eigenvalue weighted by Gasteiger charge is -2.16. The van der Waals surface area contributed by atoms with Crippen LogP contribution < -0.4 is 11.1 Å². The maximum absolute atomic E-state index is 11.9. The fourth-order valence-corrected chi connectivity index (χ4v) is 1.73. The molecule has 0 heterocycles. The predicted molar refractivity (Wildman–Crippen MR) is 78.9 cm³/mol. The summed E-state index contributed by atoms with van der Waals surface area (Å²) in [5.41, 5.74) is 6.42. The molecule has 0 aliphatic carbocycles. The summed E-state index contributed by atoms with van der Waals surface area (Å²) in [5.74, 6) is -0.610. The van der Waals surface area contributed by atoms with Gasteiger partial charge in [0.25, 0.3) is 0 Å². The van der Waals surface area contributed by atoms with Crippen molar-refractivity contribution in [3.05, 3.63) is 28.8 Å². The first-order chi connectivity index (χ1) is 9.35. The Balaban J connectivity index is 2.87. The van der Waals surface area contributed by atoms with Crippen molar-refractivity contribution < 1.29 is 14.3 Å². The van der Waals surface area contributed by atoms with Gasteiger partial charge in [-0.2, -0.15) is 0 Å². The first kappa shape index (κ1) is 16.5. The second-order valence-electron chi connectivity index (χ2n) is 4.84. The van der Waals surface area contributed by atoms with Crippen LogP contribution in [0.4, 0.5) is 5.69 Å². The van der Waals surface area contributed by atoms with Crippen LogP contribution in [0, 0.1) is 5.92 Å². The van der Waals surface area contributed by atoms with Gasteiger partial charge in [-0.3, -0.25) is 4.79 Å². The van der Waals surface area contributed by atoms with Crippen LogP contribution in [0.3, 0.4) is 0 Å². The number of esters is 1. The van der Waals surface area contributed by atoms with Gasteiger partial charge in [-0.05, 0) is 24.1 Å². The Labute approximate surface area is 123 Å². The number of halogens is 1. The third-order valence-electron chi connectivity index (χ3n) is 2.94. The second kappa shape index (κ2) is 7.26. The van der Waals surface area contributed by atoms with Gasteiger partial charge in [-0.25, -0.2) is 4.79 Å². The zero-order chi connectivity index (χ0) is 15.3. The Morgan fingerprint density at radius 3 is 2.60 bits per heavy atom. The van der Waals surface area contributed by atoms with Crippen molar-refractivity contribution in [3.8, 4) is 0 Å². The average molecular weight is 299 g/mol. The van der Waals surface area contributed by atoms with E-state index in [1.807, 2.05) is 13.8 Å². The molecule has 110 valence electrons. The third-order valence-corrected chi connectivity index (χ3v) is 3.17. The molecule has 0 bridgehead atoms. The molecule has 1 atom stereocenters. The van der Waals surface area contributed by atoms with E-state index >= 15 is 0 Å². The highest BCUT2D eigenvalue weighted by molar-refractivity contribution is 6.31. The van der Waals surface area contributed by atoms with Crippen LogP contribution in [0.15, 0.2) is 18.2 Å². The quantitative estimate of drug-likeness (QED) is 0.818. The minimum absolute atomic E-state index is 0.181. The maximum Gasteiger partial charge on any atom is 0.340 e. The number of methoxy groups -OCH3 is 1. The topological polar surface area (TPSA) is 81.4 Å². The summed E-state index contributed by atoms with van der Waals surface area (Å²) in [4.78, 5) is 23.5. The van der Waals surface area contributed by atoms with Crippen molar-refractivity contribution in [2.75, 3.05) is 12.4 Å². The summed E-state index contributed by atoms with van der Waals surface area (Å²) in [5, 5.41) is 3.05. The number of nitrogens with one attached hydrogen (secondary N) is 1. The van der Waals surface area contributed by atoms with E-state index in [-0.39, 0.29) is 29.9 Å². The van der Waals surface area contributed by atoms with E-state index in [0.29, 0.717) is 10.7 Å². The SMILES string of the molecule is COC(=O)c1cc(Cl)ccc1NC(=O)CC(N)C(C)C. The van der Waals surface area contributed by atoms with Crippen LogP contribution in [0.1, 0.15) is 30.6 Å². The van der Waals surface area contributed by atoms with E-state index in [9.17, 15) is 9.59 Å². The largest absolute Gasteiger partial charge is 0.465 e. The first-order valence-corrected chi connectivity index (χ1v) is 6.66. The standard InChI is InChI=1S/C14H19ClN2O3/c1-8(2)11(16)7-13(18)17-12-5-4-9(15)6-10(12)14(19)20-3/h4-6,8,11H,7,16H2,1-3H3,(H,17,18). The molecule has 0 fully saturated rings. The molecule has 0 radical (unpaired) electrons. The minimum atomic E-state index is -0.559. The molecule has 6 heteroatoms. The zero-order valence-corrected chi connectivity index (χ0v) is 12.5. The van der Waals surface area contributed by atoms with E-state index in [1.165, 1.54) is 13.2 Å². The number of anilines is 1. The number of benzene rings is 1. The van der Waals surface area contributed by atoms with Crippen molar-refractivity contribution in [2.45, 2.75) is 26.3 Å². The van der Waals surface area contributed by atoms with E-state index in [4.69, 9.17) is 17.3 Å². The number of amides is 1. The smallest absolute Gasteiger partial charge is 0.340 e. The van der Waals surface area contributed by atoms with Gasteiger partial charge in [0.2, 0.25) is 5.91 Å². The molecule has 0 aliphatic heterocycles. The number of carbonyl (C=O) groups excluding carboxylic acids is 2. The lowest BCUT2D eigenvalue weighted by molar-refractivity contribution is -0.116. The van der Waals surface area contributed by atoms with Crippen LogP contribution in [-0.2, 0) is 9.53 Å². The number of rotatable bonds is 5. The Morgan fingerprint density at radius 2 is 2.05 bits per heavy atom. The maximum atomic E-state index is 11.9. The van der Waals surface area contributed by atoms with Crippen LogP contribution in [0.2, 0.25) is 5.02 Å². The highest BCUT2D eigenvalue weighted by atomic mass is 35.5. The monoisotopic (exact) mass is 298 g/mol. The Kier molecular flexibility index (Phi) is 5.98. The molecule has 0 aliphatic rings. The Bertz CT molecular complexity index is 503. The molecule has 20 heavy (non-hydrogen) atoms. The summed E-state index contributed by atoms with van der Waals surface area (Å²) in [6.07, 6.45) is 0.181. The van der Waals surface area contributed by atoms with Gasteiger partial charge in [0, 0.05) is 17.5 Å². The number of ether oxygens (including phenoxy) is 1. The van der Waals surface area contributed by atoms with Crippen LogP contribution in [0.5, 0.6) is 0 Å². The van der Waals surface area contributed by atoms with Crippen LogP contribution in [0.25, 0.3) is 0 Å². The van der Waals surface area contributed by atoms with E-state index in [2.05, 4.69) is 10.1 Å². The molecule has 0 saturated heterocycles.